The van der Waals surface area contributed by atoms with E-state index in [1.165, 1.54) is 4.90 Å². The lowest BCUT2D eigenvalue weighted by Crippen LogP contribution is -2.51. The molecule has 1 aromatic heterocycles. The van der Waals surface area contributed by atoms with E-state index in [-0.39, 0.29) is 30.6 Å². The summed E-state index contributed by atoms with van der Waals surface area (Å²) in [5, 5.41) is 0. The SMILES string of the molecule is Cc1ccccc1[C@@H]1c2cccn2CCN1C(=O)CN(C(=O)N(C)C)C(C)C. The van der Waals surface area contributed by atoms with E-state index in [0.717, 1.165) is 23.4 Å². The molecule has 0 spiro atoms. The summed E-state index contributed by atoms with van der Waals surface area (Å²) >= 11 is 0. The summed E-state index contributed by atoms with van der Waals surface area (Å²) in [6, 6.07) is 12.0. The number of amides is 3. The van der Waals surface area contributed by atoms with Gasteiger partial charge < -0.3 is 19.3 Å². The Morgan fingerprint density at radius 3 is 2.46 bits per heavy atom. The van der Waals surface area contributed by atoms with Gasteiger partial charge in [-0.25, -0.2) is 4.79 Å². The molecule has 3 amide bonds. The Labute approximate surface area is 167 Å². The molecule has 28 heavy (non-hydrogen) atoms. The van der Waals surface area contributed by atoms with E-state index in [4.69, 9.17) is 0 Å². The highest BCUT2D eigenvalue weighted by Crippen LogP contribution is 2.34. The van der Waals surface area contributed by atoms with Crippen LogP contribution in [0.5, 0.6) is 0 Å². The molecular formula is C22H30N4O2. The molecule has 1 aliphatic heterocycles. The molecule has 6 nitrogen and oxygen atoms in total. The van der Waals surface area contributed by atoms with Gasteiger partial charge in [0.15, 0.2) is 0 Å². The number of urea groups is 1. The Bertz CT molecular complexity index is 856. The van der Waals surface area contributed by atoms with Crippen LogP contribution in [-0.4, -0.2) is 64.4 Å². The third kappa shape index (κ3) is 3.77. The molecular weight excluding hydrogens is 352 g/mol. The fraction of sp³-hybridized carbons (Fsp3) is 0.455. The first-order valence-electron chi connectivity index (χ1n) is 9.79. The molecule has 0 aliphatic carbocycles. The van der Waals surface area contributed by atoms with Gasteiger partial charge in [-0.2, -0.15) is 0 Å². The van der Waals surface area contributed by atoms with Crippen molar-refractivity contribution in [1.29, 1.82) is 0 Å². The molecule has 3 rings (SSSR count). The number of aryl methyl sites for hydroxylation is 1. The summed E-state index contributed by atoms with van der Waals surface area (Å²) in [5.41, 5.74) is 3.40. The second-order valence-corrected chi connectivity index (χ2v) is 7.87. The topological polar surface area (TPSA) is 48.8 Å². The molecule has 2 heterocycles. The lowest BCUT2D eigenvalue weighted by atomic mass is 9.95. The van der Waals surface area contributed by atoms with Gasteiger partial charge in [-0.1, -0.05) is 24.3 Å². The van der Waals surface area contributed by atoms with Crippen molar-refractivity contribution in [3.63, 3.8) is 0 Å². The van der Waals surface area contributed by atoms with Crippen molar-refractivity contribution in [2.75, 3.05) is 27.2 Å². The van der Waals surface area contributed by atoms with Gasteiger partial charge in [-0.05, 0) is 44.0 Å². The molecule has 0 fully saturated rings. The largest absolute Gasteiger partial charge is 0.348 e. The van der Waals surface area contributed by atoms with Crippen molar-refractivity contribution in [1.82, 2.24) is 19.3 Å². The molecule has 1 aliphatic rings. The first-order valence-corrected chi connectivity index (χ1v) is 9.79. The highest BCUT2D eigenvalue weighted by Gasteiger charge is 2.34. The first-order chi connectivity index (χ1) is 13.3. The van der Waals surface area contributed by atoms with Gasteiger partial charge in [0.2, 0.25) is 5.91 Å². The number of benzene rings is 1. The highest BCUT2D eigenvalue weighted by atomic mass is 16.2. The van der Waals surface area contributed by atoms with Gasteiger partial charge in [0.1, 0.15) is 6.54 Å². The number of aromatic nitrogens is 1. The smallest absolute Gasteiger partial charge is 0.320 e. The number of carbonyl (C=O) groups excluding carboxylic acids is 2. The van der Waals surface area contributed by atoms with Crippen LogP contribution in [0.2, 0.25) is 0 Å². The standard InChI is InChI=1S/C22H30N4O2/c1-16(2)26(22(28)23(4)5)15-20(27)25-14-13-24-12-8-11-19(24)21(25)18-10-7-6-9-17(18)3/h6-12,16,21H,13-15H2,1-5H3/t21-/m1/s1. The van der Waals surface area contributed by atoms with Crippen molar-refractivity contribution in [2.45, 2.75) is 39.4 Å². The fourth-order valence-electron chi connectivity index (χ4n) is 3.84. The molecule has 0 radical (unpaired) electrons. The average Bonchev–Trinajstić information content (AvgIpc) is 3.13. The van der Waals surface area contributed by atoms with E-state index < -0.39 is 0 Å². The van der Waals surface area contributed by atoms with E-state index in [1.807, 2.05) is 36.9 Å². The number of fused-ring (bicyclic) bond motifs is 1. The minimum atomic E-state index is -0.142. The van der Waals surface area contributed by atoms with Gasteiger partial charge in [-0.3, -0.25) is 4.79 Å². The van der Waals surface area contributed by atoms with E-state index in [1.54, 1.807) is 19.0 Å². The molecule has 6 heteroatoms. The Hall–Kier alpha value is -2.76. The normalized spacial score (nSPS) is 16.1. The van der Waals surface area contributed by atoms with Crippen molar-refractivity contribution >= 4 is 11.9 Å². The maximum Gasteiger partial charge on any atom is 0.320 e. The second kappa shape index (κ2) is 8.09. The lowest BCUT2D eigenvalue weighted by Gasteiger charge is -2.39. The third-order valence-corrected chi connectivity index (χ3v) is 5.40. The Balaban J connectivity index is 1.94. The van der Waals surface area contributed by atoms with E-state index in [9.17, 15) is 9.59 Å². The van der Waals surface area contributed by atoms with Crippen molar-refractivity contribution in [3.8, 4) is 0 Å². The Morgan fingerprint density at radius 2 is 1.82 bits per heavy atom. The first kappa shape index (κ1) is 20.0. The summed E-state index contributed by atoms with van der Waals surface area (Å²) in [6.45, 7) is 7.43. The predicted molar refractivity (Wildman–Crippen MR) is 110 cm³/mol. The predicted octanol–water partition coefficient (Wildman–Crippen LogP) is 3.12. The summed E-state index contributed by atoms with van der Waals surface area (Å²) in [7, 11) is 3.43. The van der Waals surface area contributed by atoms with Crippen LogP contribution in [0.15, 0.2) is 42.6 Å². The van der Waals surface area contributed by atoms with Gasteiger partial charge in [-0.15, -0.1) is 0 Å². The van der Waals surface area contributed by atoms with Crippen LogP contribution in [0, 0.1) is 6.92 Å². The quantitative estimate of drug-likeness (QED) is 0.816. The maximum absolute atomic E-state index is 13.4. The minimum absolute atomic E-state index is 0.0235. The number of hydrogen-bond acceptors (Lipinski definition) is 2. The minimum Gasteiger partial charge on any atom is -0.348 e. The average molecular weight is 383 g/mol. The van der Waals surface area contributed by atoms with Gasteiger partial charge in [0.25, 0.3) is 0 Å². The second-order valence-electron chi connectivity index (χ2n) is 7.87. The van der Waals surface area contributed by atoms with E-state index in [0.29, 0.717) is 6.54 Å². The lowest BCUT2D eigenvalue weighted by molar-refractivity contribution is -0.135. The van der Waals surface area contributed by atoms with Crippen LogP contribution in [0.25, 0.3) is 0 Å². The van der Waals surface area contributed by atoms with Gasteiger partial charge in [0, 0.05) is 45.1 Å². The van der Waals surface area contributed by atoms with Crippen molar-refractivity contribution < 1.29 is 9.59 Å². The molecule has 1 atom stereocenters. The zero-order chi connectivity index (χ0) is 20.4. The molecule has 0 N–H and O–H groups in total. The molecule has 150 valence electrons. The number of carbonyl (C=O) groups is 2. The Morgan fingerprint density at radius 1 is 1.11 bits per heavy atom. The van der Waals surface area contributed by atoms with Crippen LogP contribution < -0.4 is 0 Å². The maximum atomic E-state index is 13.4. The highest BCUT2D eigenvalue weighted by molar-refractivity contribution is 5.85. The van der Waals surface area contributed by atoms with Crippen LogP contribution in [0.3, 0.4) is 0 Å². The number of rotatable bonds is 4. The fourth-order valence-corrected chi connectivity index (χ4v) is 3.84. The van der Waals surface area contributed by atoms with Gasteiger partial charge in [0.05, 0.1) is 6.04 Å². The van der Waals surface area contributed by atoms with Crippen molar-refractivity contribution in [3.05, 3.63) is 59.4 Å². The molecule has 0 bridgehead atoms. The summed E-state index contributed by atoms with van der Waals surface area (Å²) in [4.78, 5) is 31.0. The summed E-state index contributed by atoms with van der Waals surface area (Å²) in [5.74, 6) is -0.0235. The van der Waals surface area contributed by atoms with E-state index >= 15 is 0 Å². The monoisotopic (exact) mass is 382 g/mol. The molecule has 0 unspecified atom stereocenters. The van der Waals surface area contributed by atoms with Crippen LogP contribution in [0.1, 0.15) is 36.7 Å². The van der Waals surface area contributed by atoms with Crippen LogP contribution in [0.4, 0.5) is 4.79 Å². The van der Waals surface area contributed by atoms with Crippen LogP contribution in [-0.2, 0) is 11.3 Å². The van der Waals surface area contributed by atoms with Crippen LogP contribution >= 0.6 is 0 Å². The molecule has 1 aromatic carbocycles. The number of hydrogen-bond donors (Lipinski definition) is 0. The number of nitrogens with zero attached hydrogens (tertiary/aromatic N) is 4. The van der Waals surface area contributed by atoms with Gasteiger partial charge >= 0.3 is 6.03 Å². The molecule has 2 aromatic rings. The van der Waals surface area contributed by atoms with Crippen molar-refractivity contribution in [2.24, 2.45) is 0 Å². The molecule has 0 saturated carbocycles. The zero-order valence-corrected chi connectivity index (χ0v) is 17.4. The molecule has 0 saturated heterocycles. The third-order valence-electron chi connectivity index (χ3n) is 5.40. The Kier molecular flexibility index (Phi) is 5.77. The van der Waals surface area contributed by atoms with E-state index in [2.05, 4.69) is 35.9 Å². The summed E-state index contributed by atoms with van der Waals surface area (Å²) in [6.07, 6.45) is 2.07. The summed E-state index contributed by atoms with van der Waals surface area (Å²) < 4.78 is 2.21. The zero-order valence-electron chi connectivity index (χ0n) is 17.4.